The van der Waals surface area contributed by atoms with Gasteiger partial charge in [-0.3, -0.25) is 37.3 Å². The second-order valence-electron chi connectivity index (χ2n) is 29.4. The Morgan fingerprint density at radius 2 is 0.469 bits per heavy atom. The fourth-order valence-electron chi connectivity index (χ4n) is 12.2. The molecule has 582 valence electrons. The summed E-state index contributed by atoms with van der Waals surface area (Å²) in [7, 11) is -9.92. The van der Waals surface area contributed by atoms with Crippen molar-refractivity contribution < 1.29 is 80.2 Å². The average molecular weight is 1440 g/mol. The van der Waals surface area contributed by atoms with E-state index in [1.807, 2.05) is 0 Å². The highest BCUT2D eigenvalue weighted by Crippen LogP contribution is 2.45. The van der Waals surface area contributed by atoms with Crippen LogP contribution in [0.15, 0.2) is 0 Å². The van der Waals surface area contributed by atoms with Crippen LogP contribution < -0.4 is 0 Å². The first kappa shape index (κ1) is 96.1. The van der Waals surface area contributed by atoms with Gasteiger partial charge in [0.1, 0.15) is 19.3 Å². The van der Waals surface area contributed by atoms with Crippen LogP contribution in [0.2, 0.25) is 0 Å². The van der Waals surface area contributed by atoms with Gasteiger partial charge in [0.2, 0.25) is 0 Å². The van der Waals surface area contributed by atoms with Crippen LogP contribution in [0.1, 0.15) is 414 Å². The highest BCUT2D eigenvalue weighted by atomic mass is 31.2. The van der Waals surface area contributed by atoms with Crippen LogP contribution in [0.25, 0.3) is 0 Å². The van der Waals surface area contributed by atoms with Crippen LogP contribution in [0, 0.1) is 11.8 Å². The minimum Gasteiger partial charge on any atom is -0.462 e. The molecule has 3 N–H and O–H groups in total. The summed E-state index contributed by atoms with van der Waals surface area (Å²) >= 11 is 0. The van der Waals surface area contributed by atoms with Gasteiger partial charge in [-0.2, -0.15) is 0 Å². The van der Waals surface area contributed by atoms with E-state index in [-0.39, 0.29) is 25.7 Å². The van der Waals surface area contributed by atoms with Crippen LogP contribution in [0.5, 0.6) is 0 Å². The van der Waals surface area contributed by atoms with Crippen molar-refractivity contribution in [3.63, 3.8) is 0 Å². The lowest BCUT2D eigenvalue weighted by molar-refractivity contribution is -0.161. The summed E-state index contributed by atoms with van der Waals surface area (Å²) in [5, 5.41) is 10.6. The number of esters is 4. The molecule has 0 bridgehead atoms. The van der Waals surface area contributed by atoms with E-state index in [0.717, 1.165) is 102 Å². The number of hydrogen-bond acceptors (Lipinski definition) is 15. The lowest BCUT2D eigenvalue weighted by atomic mass is 10.0. The highest BCUT2D eigenvalue weighted by Gasteiger charge is 2.30. The van der Waals surface area contributed by atoms with Gasteiger partial charge in [-0.05, 0) is 37.5 Å². The van der Waals surface area contributed by atoms with Gasteiger partial charge in [0.25, 0.3) is 0 Å². The van der Waals surface area contributed by atoms with Crippen molar-refractivity contribution >= 4 is 39.5 Å². The Morgan fingerprint density at radius 3 is 0.694 bits per heavy atom. The third kappa shape index (κ3) is 72.4. The summed E-state index contributed by atoms with van der Waals surface area (Å²) in [5.41, 5.74) is 0. The summed E-state index contributed by atoms with van der Waals surface area (Å²) in [6.07, 6.45) is 59.5. The van der Waals surface area contributed by atoms with Crippen LogP contribution in [-0.2, 0) is 65.4 Å². The van der Waals surface area contributed by atoms with Crippen molar-refractivity contribution in [2.45, 2.75) is 432 Å². The molecule has 0 rings (SSSR count). The van der Waals surface area contributed by atoms with Gasteiger partial charge in [-0.15, -0.1) is 0 Å². The number of rotatable bonds is 78. The third-order valence-corrected chi connectivity index (χ3v) is 20.4. The Labute approximate surface area is 600 Å². The molecule has 0 aliphatic heterocycles. The number of unbranched alkanes of at least 4 members (excludes halogenated alkanes) is 48. The third-order valence-electron chi connectivity index (χ3n) is 18.5. The molecule has 2 unspecified atom stereocenters. The second kappa shape index (κ2) is 70.7. The molecular weight excluding hydrogens is 1280 g/mol. The van der Waals surface area contributed by atoms with Crippen LogP contribution >= 0.6 is 15.6 Å². The van der Waals surface area contributed by atoms with Crippen molar-refractivity contribution in [2.75, 3.05) is 39.6 Å². The SMILES string of the molecule is CCCCCCCCCCCCCCCC(=O)OC[C@H](COP(=O)(O)OC[C@H](O)COP(=O)(O)OC[C@@H](COC(=O)CCCCCCCCCCCCC(C)C)OC(=O)CCCCCCCCCCCCCCCCCCC(C)C)OC(=O)CCCCCCCCCCCCCCC. The van der Waals surface area contributed by atoms with Gasteiger partial charge in [0.15, 0.2) is 12.2 Å². The van der Waals surface area contributed by atoms with Crippen LogP contribution in [0.3, 0.4) is 0 Å². The first-order chi connectivity index (χ1) is 47.4. The van der Waals surface area contributed by atoms with Crippen molar-refractivity contribution in [1.82, 2.24) is 0 Å². The van der Waals surface area contributed by atoms with Gasteiger partial charge in [0, 0.05) is 25.7 Å². The number of aliphatic hydroxyl groups excluding tert-OH is 1. The molecule has 0 radical (unpaired) electrons. The molecule has 0 aromatic heterocycles. The molecule has 98 heavy (non-hydrogen) atoms. The maximum Gasteiger partial charge on any atom is 0.472 e. The molecule has 0 saturated heterocycles. The van der Waals surface area contributed by atoms with E-state index in [0.29, 0.717) is 25.7 Å². The van der Waals surface area contributed by atoms with Crippen molar-refractivity contribution in [2.24, 2.45) is 11.8 Å². The molecule has 0 aromatic rings. The predicted octanol–water partition coefficient (Wildman–Crippen LogP) is 23.5. The molecule has 0 saturated carbocycles. The zero-order valence-electron chi connectivity index (χ0n) is 64.1. The van der Waals surface area contributed by atoms with E-state index in [1.54, 1.807) is 0 Å². The van der Waals surface area contributed by atoms with Gasteiger partial charge in [0.05, 0.1) is 26.4 Å². The fraction of sp³-hybridized carbons (Fsp3) is 0.949. The van der Waals surface area contributed by atoms with E-state index in [1.165, 1.54) is 231 Å². The molecule has 17 nitrogen and oxygen atoms in total. The zero-order chi connectivity index (χ0) is 72.1. The topological polar surface area (TPSA) is 237 Å². The Morgan fingerprint density at radius 1 is 0.276 bits per heavy atom. The zero-order valence-corrected chi connectivity index (χ0v) is 65.9. The normalized spacial score (nSPS) is 13.9. The van der Waals surface area contributed by atoms with E-state index < -0.39 is 97.5 Å². The number of carbonyl (C=O) groups excluding carboxylic acids is 4. The van der Waals surface area contributed by atoms with E-state index in [9.17, 15) is 43.2 Å². The number of ether oxygens (including phenoxy) is 4. The summed E-state index contributed by atoms with van der Waals surface area (Å²) in [4.78, 5) is 73.0. The number of phosphoric ester groups is 2. The molecule has 0 spiro atoms. The largest absolute Gasteiger partial charge is 0.472 e. The molecule has 0 aliphatic carbocycles. The summed E-state index contributed by atoms with van der Waals surface area (Å²) < 4.78 is 68.7. The number of phosphoric acid groups is 2. The molecule has 0 fully saturated rings. The van der Waals surface area contributed by atoms with E-state index in [4.69, 9.17) is 37.0 Å². The second-order valence-corrected chi connectivity index (χ2v) is 32.3. The maximum absolute atomic E-state index is 13.1. The highest BCUT2D eigenvalue weighted by molar-refractivity contribution is 7.47. The maximum atomic E-state index is 13.1. The molecular formula is C79H154O17P2. The minimum atomic E-state index is -4.96. The lowest BCUT2D eigenvalue weighted by Gasteiger charge is -2.21. The fourth-order valence-corrected chi connectivity index (χ4v) is 13.8. The van der Waals surface area contributed by atoms with Crippen LogP contribution in [-0.4, -0.2) is 96.7 Å². The first-order valence-corrected chi connectivity index (χ1v) is 44.0. The average Bonchev–Trinajstić information content (AvgIpc) is 1.57. The Kier molecular flexibility index (Phi) is 69.3. The summed E-state index contributed by atoms with van der Waals surface area (Å²) in [6, 6.07) is 0. The predicted molar refractivity (Wildman–Crippen MR) is 400 cm³/mol. The molecule has 0 aliphatic rings. The van der Waals surface area contributed by atoms with Crippen molar-refractivity contribution in [1.29, 1.82) is 0 Å². The lowest BCUT2D eigenvalue weighted by Crippen LogP contribution is -2.30. The van der Waals surface area contributed by atoms with E-state index >= 15 is 0 Å². The van der Waals surface area contributed by atoms with E-state index in [2.05, 4.69) is 41.5 Å². The van der Waals surface area contributed by atoms with Gasteiger partial charge in [-0.1, -0.05) is 363 Å². The Balaban J connectivity index is 5.25. The molecule has 5 atom stereocenters. The van der Waals surface area contributed by atoms with Crippen molar-refractivity contribution in [3.8, 4) is 0 Å². The number of aliphatic hydroxyl groups is 1. The molecule has 0 amide bonds. The molecule has 19 heteroatoms. The summed E-state index contributed by atoms with van der Waals surface area (Å²) in [6.45, 7) is 9.65. The standard InChI is InChI=1S/C79H154O17P2/c1-7-9-11-13-15-17-19-25-30-37-43-49-55-61-76(81)89-67-74(95-78(83)63-57-51-45-39-31-26-20-18-16-14-12-10-8-2)69-93-97(85,86)91-65-73(80)66-92-98(87,88)94-70-75(68-90-77(82)62-56-50-44-38-34-33-36-42-48-54-60-72(5)6)96-79(84)64-58-52-46-40-32-28-24-22-21-23-27-29-35-41-47-53-59-71(3)4/h71-75,80H,7-70H2,1-6H3,(H,85,86)(H,87,88)/t73-,74+,75+/m0/s1. The Hall–Kier alpha value is -1.94. The van der Waals surface area contributed by atoms with Gasteiger partial charge >= 0.3 is 39.5 Å². The monoisotopic (exact) mass is 1440 g/mol. The summed E-state index contributed by atoms with van der Waals surface area (Å²) in [5.74, 6) is -0.541. The first-order valence-electron chi connectivity index (χ1n) is 41.0. The van der Waals surface area contributed by atoms with Crippen molar-refractivity contribution in [3.05, 3.63) is 0 Å². The smallest absolute Gasteiger partial charge is 0.462 e. The quantitative estimate of drug-likeness (QED) is 0.0222. The Bertz CT molecular complexity index is 1890. The van der Waals surface area contributed by atoms with Gasteiger partial charge in [-0.25, -0.2) is 9.13 Å². The number of hydrogen-bond donors (Lipinski definition) is 3. The minimum absolute atomic E-state index is 0.108. The molecule has 0 aromatic carbocycles. The van der Waals surface area contributed by atoms with Gasteiger partial charge < -0.3 is 33.8 Å². The molecule has 0 heterocycles. The number of carbonyl (C=O) groups is 4. The van der Waals surface area contributed by atoms with Crippen LogP contribution in [0.4, 0.5) is 0 Å².